The summed E-state index contributed by atoms with van der Waals surface area (Å²) < 4.78 is 1.09. The fourth-order valence-corrected chi connectivity index (χ4v) is 3.39. The van der Waals surface area contributed by atoms with Gasteiger partial charge in [0.1, 0.15) is 4.88 Å². The SMILES string of the molecule is CCN(C(=O)c1sc2ccccc2c1N)C1CC1. The van der Waals surface area contributed by atoms with Gasteiger partial charge in [-0.25, -0.2) is 0 Å². The molecule has 1 aromatic carbocycles. The Kier molecular flexibility index (Phi) is 2.74. The maximum absolute atomic E-state index is 12.5. The number of nitrogen functional groups attached to an aromatic ring is 1. The Morgan fingerprint density at radius 1 is 1.44 bits per heavy atom. The van der Waals surface area contributed by atoms with Gasteiger partial charge in [-0.1, -0.05) is 18.2 Å². The van der Waals surface area contributed by atoms with Crippen LogP contribution in [0.5, 0.6) is 0 Å². The van der Waals surface area contributed by atoms with Crippen LogP contribution in [0.15, 0.2) is 24.3 Å². The van der Waals surface area contributed by atoms with Gasteiger partial charge in [-0.3, -0.25) is 4.79 Å². The topological polar surface area (TPSA) is 46.3 Å². The highest BCUT2D eigenvalue weighted by Gasteiger charge is 2.33. The molecule has 0 radical (unpaired) electrons. The van der Waals surface area contributed by atoms with Crippen LogP contribution in [0, 0.1) is 0 Å². The quantitative estimate of drug-likeness (QED) is 0.921. The lowest BCUT2D eigenvalue weighted by atomic mass is 10.2. The Balaban J connectivity index is 2.02. The molecule has 0 aliphatic heterocycles. The van der Waals surface area contributed by atoms with E-state index in [1.54, 1.807) is 0 Å². The third-order valence-electron chi connectivity index (χ3n) is 3.42. The minimum absolute atomic E-state index is 0.0960. The van der Waals surface area contributed by atoms with Crippen LogP contribution in [0.1, 0.15) is 29.4 Å². The van der Waals surface area contributed by atoms with Gasteiger partial charge in [-0.2, -0.15) is 0 Å². The van der Waals surface area contributed by atoms with E-state index in [0.717, 1.165) is 29.5 Å². The average molecular weight is 260 g/mol. The van der Waals surface area contributed by atoms with Crippen LogP contribution >= 0.6 is 11.3 Å². The number of carbonyl (C=O) groups excluding carboxylic acids is 1. The fraction of sp³-hybridized carbons (Fsp3) is 0.357. The van der Waals surface area contributed by atoms with E-state index in [1.807, 2.05) is 36.1 Å². The van der Waals surface area contributed by atoms with Crippen molar-refractivity contribution in [1.82, 2.24) is 4.90 Å². The summed E-state index contributed by atoms with van der Waals surface area (Å²) in [6.45, 7) is 2.79. The summed E-state index contributed by atoms with van der Waals surface area (Å²) >= 11 is 1.50. The van der Waals surface area contributed by atoms with E-state index in [9.17, 15) is 4.79 Å². The smallest absolute Gasteiger partial charge is 0.266 e. The van der Waals surface area contributed by atoms with E-state index in [-0.39, 0.29) is 5.91 Å². The molecule has 2 N–H and O–H groups in total. The molecular formula is C14H16N2OS. The summed E-state index contributed by atoms with van der Waals surface area (Å²) in [5.41, 5.74) is 6.75. The molecule has 1 aliphatic rings. The normalized spacial score (nSPS) is 14.9. The first kappa shape index (κ1) is 11.5. The largest absolute Gasteiger partial charge is 0.397 e. The lowest BCUT2D eigenvalue weighted by molar-refractivity contribution is 0.0758. The van der Waals surface area contributed by atoms with Crippen molar-refractivity contribution in [1.29, 1.82) is 0 Å². The molecule has 2 aromatic rings. The molecule has 1 fully saturated rings. The van der Waals surface area contributed by atoms with Crippen molar-refractivity contribution >= 4 is 33.0 Å². The Hall–Kier alpha value is -1.55. The highest BCUT2D eigenvalue weighted by atomic mass is 32.1. The van der Waals surface area contributed by atoms with Crippen molar-refractivity contribution in [2.24, 2.45) is 0 Å². The molecule has 3 nitrogen and oxygen atoms in total. The second-order valence-electron chi connectivity index (χ2n) is 4.66. The molecule has 1 saturated carbocycles. The third-order valence-corrected chi connectivity index (χ3v) is 4.59. The van der Waals surface area contributed by atoms with Crippen molar-refractivity contribution in [3.8, 4) is 0 Å². The molecule has 0 saturated heterocycles. The predicted octanol–water partition coefficient (Wildman–Crippen LogP) is 3.11. The Morgan fingerprint density at radius 3 is 2.78 bits per heavy atom. The van der Waals surface area contributed by atoms with Crippen molar-refractivity contribution in [2.75, 3.05) is 12.3 Å². The predicted molar refractivity (Wildman–Crippen MR) is 76.0 cm³/mol. The van der Waals surface area contributed by atoms with Crippen LogP contribution < -0.4 is 5.73 Å². The minimum Gasteiger partial charge on any atom is -0.397 e. The van der Waals surface area contributed by atoms with E-state index in [1.165, 1.54) is 11.3 Å². The lowest BCUT2D eigenvalue weighted by Crippen LogP contribution is -2.32. The number of thiophene rings is 1. The number of anilines is 1. The summed E-state index contributed by atoms with van der Waals surface area (Å²) in [5.74, 6) is 0.0960. The van der Waals surface area contributed by atoms with Crippen molar-refractivity contribution in [3.05, 3.63) is 29.1 Å². The van der Waals surface area contributed by atoms with Crippen LogP contribution in [-0.2, 0) is 0 Å². The Bertz CT molecular complexity index is 601. The minimum atomic E-state index is 0.0960. The first-order valence-electron chi connectivity index (χ1n) is 6.30. The summed E-state index contributed by atoms with van der Waals surface area (Å²) in [4.78, 5) is 15.1. The number of hydrogen-bond donors (Lipinski definition) is 1. The maximum Gasteiger partial charge on any atom is 0.266 e. The molecule has 94 valence electrons. The van der Waals surface area contributed by atoms with Gasteiger partial charge in [-0.05, 0) is 25.8 Å². The molecule has 1 aromatic heterocycles. The highest BCUT2D eigenvalue weighted by Crippen LogP contribution is 2.36. The molecule has 18 heavy (non-hydrogen) atoms. The molecule has 1 aliphatic carbocycles. The molecule has 0 bridgehead atoms. The monoisotopic (exact) mass is 260 g/mol. The zero-order chi connectivity index (χ0) is 12.7. The molecule has 0 unspecified atom stereocenters. The fourth-order valence-electron chi connectivity index (χ4n) is 2.31. The van der Waals surface area contributed by atoms with Crippen LogP contribution in [0.4, 0.5) is 5.69 Å². The number of amides is 1. The van der Waals surface area contributed by atoms with Crippen molar-refractivity contribution in [2.45, 2.75) is 25.8 Å². The van der Waals surface area contributed by atoms with Crippen LogP contribution in [0.3, 0.4) is 0 Å². The molecule has 1 heterocycles. The summed E-state index contributed by atoms with van der Waals surface area (Å²) in [7, 11) is 0. The van der Waals surface area contributed by atoms with Gasteiger partial charge in [0.05, 0.1) is 5.69 Å². The van der Waals surface area contributed by atoms with E-state index < -0.39 is 0 Å². The maximum atomic E-state index is 12.5. The number of benzene rings is 1. The number of rotatable bonds is 3. The van der Waals surface area contributed by atoms with Gasteiger partial charge in [0.2, 0.25) is 0 Å². The number of nitrogens with zero attached hydrogens (tertiary/aromatic N) is 1. The molecule has 3 rings (SSSR count). The Labute approximate surface area is 110 Å². The second kappa shape index (κ2) is 4.28. The van der Waals surface area contributed by atoms with Gasteiger partial charge >= 0.3 is 0 Å². The second-order valence-corrected chi connectivity index (χ2v) is 5.72. The van der Waals surface area contributed by atoms with Gasteiger partial charge in [0.15, 0.2) is 0 Å². The number of nitrogens with two attached hydrogens (primary N) is 1. The van der Waals surface area contributed by atoms with Crippen LogP contribution in [0.25, 0.3) is 10.1 Å². The lowest BCUT2D eigenvalue weighted by Gasteiger charge is -2.19. The molecule has 0 atom stereocenters. The molecule has 0 spiro atoms. The van der Waals surface area contributed by atoms with Gasteiger partial charge < -0.3 is 10.6 Å². The zero-order valence-electron chi connectivity index (χ0n) is 10.3. The van der Waals surface area contributed by atoms with E-state index in [4.69, 9.17) is 5.73 Å². The molecule has 4 heteroatoms. The van der Waals surface area contributed by atoms with Gasteiger partial charge in [0, 0.05) is 22.7 Å². The molecule has 1 amide bonds. The van der Waals surface area contributed by atoms with Crippen LogP contribution in [0.2, 0.25) is 0 Å². The van der Waals surface area contributed by atoms with Crippen molar-refractivity contribution in [3.63, 3.8) is 0 Å². The third kappa shape index (κ3) is 1.77. The first-order chi connectivity index (χ1) is 8.72. The highest BCUT2D eigenvalue weighted by molar-refractivity contribution is 7.21. The standard InChI is InChI=1S/C14H16N2OS/c1-2-16(9-7-8-9)14(17)13-12(15)10-5-3-4-6-11(10)18-13/h3-6,9H,2,7-8,15H2,1H3. The summed E-state index contributed by atoms with van der Waals surface area (Å²) in [6.07, 6.45) is 2.26. The van der Waals surface area contributed by atoms with Crippen LogP contribution in [-0.4, -0.2) is 23.4 Å². The first-order valence-corrected chi connectivity index (χ1v) is 7.12. The average Bonchev–Trinajstić information content (AvgIpc) is 3.16. The number of hydrogen-bond acceptors (Lipinski definition) is 3. The molecular weight excluding hydrogens is 244 g/mol. The number of fused-ring (bicyclic) bond motifs is 1. The number of carbonyl (C=O) groups is 1. The van der Waals surface area contributed by atoms with Gasteiger partial charge in [-0.15, -0.1) is 11.3 Å². The zero-order valence-corrected chi connectivity index (χ0v) is 11.2. The van der Waals surface area contributed by atoms with Gasteiger partial charge in [0.25, 0.3) is 5.91 Å². The summed E-state index contributed by atoms with van der Waals surface area (Å²) in [6, 6.07) is 8.36. The Morgan fingerprint density at radius 2 is 2.17 bits per heavy atom. The van der Waals surface area contributed by atoms with E-state index in [2.05, 4.69) is 0 Å². The van der Waals surface area contributed by atoms with E-state index in [0.29, 0.717) is 16.6 Å². The van der Waals surface area contributed by atoms with E-state index >= 15 is 0 Å². The van der Waals surface area contributed by atoms with Crippen molar-refractivity contribution < 1.29 is 4.79 Å². The summed E-state index contributed by atoms with van der Waals surface area (Å²) in [5, 5.41) is 0.998.